The lowest BCUT2D eigenvalue weighted by Crippen LogP contribution is -2.47. The highest BCUT2D eigenvalue weighted by molar-refractivity contribution is 9.10. The number of halogens is 2. The van der Waals surface area contributed by atoms with Gasteiger partial charge in [-0.25, -0.2) is 4.39 Å². The maximum atomic E-state index is 13.8. The summed E-state index contributed by atoms with van der Waals surface area (Å²) in [6.45, 7) is 2.48. The first-order chi connectivity index (χ1) is 9.15. The standard InChI is InChI=1S/C14H16BrFN2O/c15-10-1-2-12(16)11(7-10)14(19)18-6-4-13-9(8-18)3-5-17-13/h1-2,7,9,13,17H,3-6,8H2. The van der Waals surface area contributed by atoms with Crippen LogP contribution in [0.4, 0.5) is 4.39 Å². The third kappa shape index (κ3) is 2.54. The van der Waals surface area contributed by atoms with Gasteiger partial charge in [0.15, 0.2) is 0 Å². The predicted molar refractivity (Wildman–Crippen MR) is 74.5 cm³/mol. The minimum absolute atomic E-state index is 0.166. The van der Waals surface area contributed by atoms with Crippen molar-refractivity contribution in [2.24, 2.45) is 5.92 Å². The van der Waals surface area contributed by atoms with E-state index in [0.29, 0.717) is 18.5 Å². The molecule has 0 radical (unpaired) electrons. The Morgan fingerprint density at radius 3 is 3.11 bits per heavy atom. The molecule has 3 nitrogen and oxygen atoms in total. The summed E-state index contributed by atoms with van der Waals surface area (Å²) < 4.78 is 14.5. The van der Waals surface area contributed by atoms with Gasteiger partial charge in [0.2, 0.25) is 0 Å². The molecule has 19 heavy (non-hydrogen) atoms. The largest absolute Gasteiger partial charge is 0.338 e. The predicted octanol–water partition coefficient (Wildman–Crippen LogP) is 2.41. The second-order valence-electron chi connectivity index (χ2n) is 5.27. The van der Waals surface area contributed by atoms with Crippen molar-refractivity contribution < 1.29 is 9.18 Å². The zero-order chi connectivity index (χ0) is 13.4. The number of piperidine rings is 1. The molecule has 2 saturated heterocycles. The molecule has 2 unspecified atom stereocenters. The Hall–Kier alpha value is -0.940. The summed E-state index contributed by atoms with van der Waals surface area (Å²) in [6.07, 6.45) is 2.07. The van der Waals surface area contributed by atoms with Crippen LogP contribution in [0, 0.1) is 11.7 Å². The van der Waals surface area contributed by atoms with Crippen LogP contribution in [0.25, 0.3) is 0 Å². The molecular weight excluding hydrogens is 311 g/mol. The zero-order valence-electron chi connectivity index (χ0n) is 10.5. The van der Waals surface area contributed by atoms with Crippen molar-refractivity contribution in [3.8, 4) is 0 Å². The minimum atomic E-state index is -0.445. The van der Waals surface area contributed by atoms with Crippen LogP contribution in [-0.2, 0) is 0 Å². The Morgan fingerprint density at radius 1 is 1.42 bits per heavy atom. The molecule has 1 amide bonds. The van der Waals surface area contributed by atoms with Crippen LogP contribution in [0.15, 0.2) is 22.7 Å². The highest BCUT2D eigenvalue weighted by atomic mass is 79.9. The molecule has 2 aliphatic rings. The second kappa shape index (κ2) is 5.21. The highest BCUT2D eigenvalue weighted by Gasteiger charge is 2.35. The molecule has 0 aromatic heterocycles. The number of nitrogens with one attached hydrogen (secondary N) is 1. The van der Waals surface area contributed by atoms with Gasteiger partial charge >= 0.3 is 0 Å². The zero-order valence-corrected chi connectivity index (χ0v) is 12.1. The summed E-state index contributed by atoms with van der Waals surface area (Å²) in [5.74, 6) is -0.114. The van der Waals surface area contributed by atoms with E-state index in [2.05, 4.69) is 21.2 Å². The van der Waals surface area contributed by atoms with Crippen molar-refractivity contribution in [3.63, 3.8) is 0 Å². The molecule has 1 aromatic carbocycles. The molecule has 1 aromatic rings. The topological polar surface area (TPSA) is 32.3 Å². The summed E-state index contributed by atoms with van der Waals surface area (Å²) in [7, 11) is 0. The van der Waals surface area contributed by atoms with Crippen molar-refractivity contribution >= 4 is 21.8 Å². The van der Waals surface area contributed by atoms with E-state index in [1.54, 1.807) is 17.0 Å². The number of amides is 1. The number of carbonyl (C=O) groups excluding carboxylic acids is 1. The van der Waals surface area contributed by atoms with Crippen LogP contribution in [0.5, 0.6) is 0 Å². The Labute approximate surface area is 120 Å². The van der Waals surface area contributed by atoms with Crippen molar-refractivity contribution in [1.29, 1.82) is 0 Å². The number of carbonyl (C=O) groups is 1. The van der Waals surface area contributed by atoms with Gasteiger partial charge in [0.25, 0.3) is 5.91 Å². The fourth-order valence-corrected chi connectivity index (χ4v) is 3.42. The van der Waals surface area contributed by atoms with Crippen molar-refractivity contribution in [3.05, 3.63) is 34.1 Å². The van der Waals surface area contributed by atoms with E-state index in [1.165, 1.54) is 6.07 Å². The van der Waals surface area contributed by atoms with Crippen LogP contribution in [-0.4, -0.2) is 36.5 Å². The molecule has 0 spiro atoms. The van der Waals surface area contributed by atoms with Gasteiger partial charge in [-0.1, -0.05) is 15.9 Å². The first kappa shape index (κ1) is 13.1. The number of fused-ring (bicyclic) bond motifs is 1. The number of likely N-dealkylation sites (tertiary alicyclic amines) is 1. The van der Waals surface area contributed by atoms with E-state index in [-0.39, 0.29) is 11.5 Å². The summed E-state index contributed by atoms with van der Waals surface area (Å²) in [6, 6.07) is 5.05. The van der Waals surface area contributed by atoms with Gasteiger partial charge in [-0.15, -0.1) is 0 Å². The van der Waals surface area contributed by atoms with Gasteiger partial charge in [0, 0.05) is 23.6 Å². The quantitative estimate of drug-likeness (QED) is 0.859. The lowest BCUT2D eigenvalue weighted by Gasteiger charge is -2.35. The van der Waals surface area contributed by atoms with Gasteiger partial charge < -0.3 is 10.2 Å². The van der Waals surface area contributed by atoms with Crippen LogP contribution >= 0.6 is 15.9 Å². The number of benzene rings is 1. The van der Waals surface area contributed by atoms with Gasteiger partial charge in [-0.05, 0) is 43.5 Å². The lowest BCUT2D eigenvalue weighted by molar-refractivity contribution is 0.0657. The fourth-order valence-electron chi connectivity index (χ4n) is 3.06. The maximum Gasteiger partial charge on any atom is 0.256 e. The Morgan fingerprint density at radius 2 is 2.26 bits per heavy atom. The molecule has 2 aliphatic heterocycles. The van der Waals surface area contributed by atoms with E-state index in [0.717, 1.165) is 30.4 Å². The average molecular weight is 327 g/mol. The lowest BCUT2D eigenvalue weighted by atomic mass is 9.93. The van der Waals surface area contributed by atoms with Crippen LogP contribution in [0.3, 0.4) is 0 Å². The third-order valence-electron chi connectivity index (χ3n) is 4.10. The molecule has 5 heteroatoms. The average Bonchev–Trinajstić information content (AvgIpc) is 2.88. The molecule has 0 bridgehead atoms. The molecule has 1 N–H and O–H groups in total. The van der Waals surface area contributed by atoms with E-state index < -0.39 is 5.82 Å². The van der Waals surface area contributed by atoms with Crippen molar-refractivity contribution in [1.82, 2.24) is 10.2 Å². The smallest absolute Gasteiger partial charge is 0.256 e. The van der Waals surface area contributed by atoms with Crippen LogP contribution < -0.4 is 5.32 Å². The van der Waals surface area contributed by atoms with E-state index in [4.69, 9.17) is 0 Å². The van der Waals surface area contributed by atoms with Gasteiger partial charge in [0.1, 0.15) is 5.82 Å². The van der Waals surface area contributed by atoms with Gasteiger partial charge in [0.05, 0.1) is 5.56 Å². The molecule has 0 aliphatic carbocycles. The van der Waals surface area contributed by atoms with E-state index in [1.807, 2.05) is 0 Å². The third-order valence-corrected chi connectivity index (χ3v) is 4.59. The Balaban J connectivity index is 1.78. The van der Waals surface area contributed by atoms with Crippen molar-refractivity contribution in [2.45, 2.75) is 18.9 Å². The molecular formula is C14H16BrFN2O. The number of rotatable bonds is 1. The fraction of sp³-hybridized carbons (Fsp3) is 0.500. The van der Waals surface area contributed by atoms with Gasteiger partial charge in [-0.3, -0.25) is 4.79 Å². The second-order valence-corrected chi connectivity index (χ2v) is 6.19. The van der Waals surface area contributed by atoms with Gasteiger partial charge in [-0.2, -0.15) is 0 Å². The van der Waals surface area contributed by atoms with E-state index in [9.17, 15) is 9.18 Å². The molecule has 0 saturated carbocycles. The normalized spacial score (nSPS) is 26.3. The summed E-state index contributed by atoms with van der Waals surface area (Å²) in [5.41, 5.74) is 0.166. The number of hydrogen-bond acceptors (Lipinski definition) is 2. The Kier molecular flexibility index (Phi) is 3.58. The van der Waals surface area contributed by atoms with Crippen LogP contribution in [0.2, 0.25) is 0 Å². The van der Waals surface area contributed by atoms with Crippen LogP contribution in [0.1, 0.15) is 23.2 Å². The first-order valence-corrected chi connectivity index (χ1v) is 7.42. The molecule has 2 fully saturated rings. The number of nitrogens with zero attached hydrogens (tertiary/aromatic N) is 1. The molecule has 102 valence electrons. The summed E-state index contributed by atoms with van der Waals surface area (Å²) in [5, 5.41) is 3.46. The highest BCUT2D eigenvalue weighted by Crippen LogP contribution is 2.26. The molecule has 2 atom stereocenters. The van der Waals surface area contributed by atoms with E-state index >= 15 is 0 Å². The first-order valence-electron chi connectivity index (χ1n) is 6.63. The molecule has 2 heterocycles. The van der Waals surface area contributed by atoms with Crippen molar-refractivity contribution in [2.75, 3.05) is 19.6 Å². The maximum absolute atomic E-state index is 13.8. The summed E-state index contributed by atoms with van der Waals surface area (Å²) in [4.78, 5) is 14.2. The summed E-state index contributed by atoms with van der Waals surface area (Å²) >= 11 is 3.29. The minimum Gasteiger partial charge on any atom is -0.338 e. The SMILES string of the molecule is O=C(c1cc(Br)ccc1F)N1CCC2NCCC2C1. The Bertz CT molecular complexity index is 508. The molecule has 3 rings (SSSR count). The number of hydrogen-bond donors (Lipinski definition) is 1. The monoisotopic (exact) mass is 326 g/mol.